The van der Waals surface area contributed by atoms with Crippen LogP contribution in [0.3, 0.4) is 0 Å². The van der Waals surface area contributed by atoms with Crippen molar-refractivity contribution in [1.82, 2.24) is 10.6 Å². The SMILES string of the molecule is CC(C)(N)CNC(=O)C(OC(=O)/C=C/C(=O)OC(C(=O)NCC(C)(C)N)C1CCCCC1O[N+](=O)[O-])C1CCCCC1O[N+](=O)[O-]. The molecule has 2 fully saturated rings. The van der Waals surface area contributed by atoms with E-state index in [4.69, 9.17) is 30.6 Å². The van der Waals surface area contributed by atoms with E-state index >= 15 is 0 Å². The van der Waals surface area contributed by atoms with E-state index in [1.807, 2.05) is 0 Å². The Labute approximate surface area is 266 Å². The molecule has 6 N–H and O–H groups in total. The van der Waals surface area contributed by atoms with E-state index in [0.29, 0.717) is 37.8 Å². The summed E-state index contributed by atoms with van der Waals surface area (Å²) in [4.78, 5) is 83.8. The summed E-state index contributed by atoms with van der Waals surface area (Å²) >= 11 is 0. The summed E-state index contributed by atoms with van der Waals surface area (Å²) in [7, 11) is 0. The van der Waals surface area contributed by atoms with E-state index in [0.717, 1.165) is 0 Å². The van der Waals surface area contributed by atoms with Gasteiger partial charge in [-0.05, 0) is 53.4 Å². The van der Waals surface area contributed by atoms with Crippen LogP contribution in [-0.4, -0.2) is 82.5 Å². The molecular weight excluding hydrogens is 612 g/mol. The average Bonchev–Trinajstić information content (AvgIpc) is 2.94. The number of carbonyl (C=O) groups is 4. The molecule has 18 heteroatoms. The normalized spacial score (nSPS) is 23.3. The van der Waals surface area contributed by atoms with E-state index in [1.165, 1.54) is 0 Å². The molecule has 6 unspecified atom stereocenters. The van der Waals surface area contributed by atoms with Gasteiger partial charge in [0.2, 0.25) is 0 Å². The van der Waals surface area contributed by atoms with Gasteiger partial charge >= 0.3 is 11.9 Å². The first-order valence-corrected chi connectivity index (χ1v) is 15.2. The van der Waals surface area contributed by atoms with Gasteiger partial charge in [-0.25, -0.2) is 9.59 Å². The second-order valence-electron chi connectivity index (χ2n) is 13.1. The fourth-order valence-electron chi connectivity index (χ4n) is 5.39. The molecule has 0 bridgehead atoms. The highest BCUT2D eigenvalue weighted by molar-refractivity contribution is 5.94. The molecule has 0 radical (unpaired) electrons. The summed E-state index contributed by atoms with van der Waals surface area (Å²) < 4.78 is 10.8. The highest BCUT2D eigenvalue weighted by Crippen LogP contribution is 2.33. The molecule has 0 spiro atoms. The molecule has 0 aromatic heterocycles. The van der Waals surface area contributed by atoms with Crippen molar-refractivity contribution < 1.29 is 48.5 Å². The maximum atomic E-state index is 13.1. The lowest BCUT2D eigenvalue weighted by Crippen LogP contribution is -2.52. The van der Waals surface area contributed by atoms with Crippen LogP contribution in [-0.2, 0) is 38.3 Å². The van der Waals surface area contributed by atoms with Crippen molar-refractivity contribution in [3.8, 4) is 0 Å². The van der Waals surface area contributed by atoms with Crippen LogP contribution in [0.15, 0.2) is 12.2 Å². The molecule has 6 atom stereocenters. The summed E-state index contributed by atoms with van der Waals surface area (Å²) in [5.74, 6) is -5.52. The number of hydrogen-bond donors (Lipinski definition) is 4. The minimum atomic E-state index is -1.51. The first-order chi connectivity index (χ1) is 21.4. The third kappa shape index (κ3) is 13.5. The molecule has 2 saturated carbocycles. The van der Waals surface area contributed by atoms with Crippen molar-refractivity contribution in [2.75, 3.05) is 13.1 Å². The zero-order chi connectivity index (χ0) is 34.7. The number of carbonyl (C=O) groups excluding carboxylic acids is 4. The first-order valence-electron chi connectivity index (χ1n) is 15.2. The molecule has 0 saturated heterocycles. The van der Waals surface area contributed by atoms with Gasteiger partial charge in [0, 0.05) is 48.2 Å². The van der Waals surface area contributed by atoms with Gasteiger partial charge in [-0.15, -0.1) is 20.2 Å². The molecule has 0 aliphatic heterocycles. The topological polar surface area (TPSA) is 268 Å². The third-order valence-corrected chi connectivity index (χ3v) is 7.52. The summed E-state index contributed by atoms with van der Waals surface area (Å²) in [6, 6.07) is 0. The molecule has 2 aliphatic rings. The van der Waals surface area contributed by atoms with Gasteiger partial charge in [0.15, 0.2) is 12.2 Å². The van der Waals surface area contributed by atoms with E-state index in [2.05, 4.69) is 10.6 Å². The van der Waals surface area contributed by atoms with Crippen LogP contribution in [0.2, 0.25) is 0 Å². The molecule has 2 amide bonds. The van der Waals surface area contributed by atoms with Crippen LogP contribution in [0.25, 0.3) is 0 Å². The Morgan fingerprint density at radius 2 is 1.04 bits per heavy atom. The fraction of sp³-hybridized carbons (Fsp3) is 0.786. The Hall–Kier alpha value is -4.06. The van der Waals surface area contributed by atoms with Crippen molar-refractivity contribution in [3.05, 3.63) is 32.4 Å². The summed E-state index contributed by atoms with van der Waals surface area (Å²) in [5, 5.41) is 25.4. The number of hydrogen-bond acceptors (Lipinski definition) is 14. The van der Waals surface area contributed by atoms with Crippen LogP contribution in [0, 0.1) is 32.1 Å². The molecule has 18 nitrogen and oxygen atoms in total. The quantitative estimate of drug-likeness (QED) is 0.0766. The standard InChI is InChI=1S/C28H46N6O12/c1-27(2,29)15-31-25(37)23(17-9-5-7-11-19(17)45-33(39)40)43-21(35)13-14-22(36)44-24(26(38)32-16-28(3,4)30)18-10-6-8-12-20(18)46-34(41)42/h13-14,17-20,23-24H,5-12,15-16,29-30H2,1-4H3,(H,31,37)(H,32,38)/b14-13+. The average molecular weight is 659 g/mol. The number of esters is 2. The molecule has 2 aliphatic carbocycles. The number of nitrogens with zero attached hydrogens (tertiary/aromatic N) is 2. The molecular formula is C28H46N6O12. The van der Waals surface area contributed by atoms with Gasteiger partial charge in [-0.2, -0.15) is 0 Å². The maximum absolute atomic E-state index is 13.1. The van der Waals surface area contributed by atoms with Gasteiger partial charge in [0.1, 0.15) is 12.2 Å². The Balaban J connectivity index is 2.23. The molecule has 260 valence electrons. The Bertz CT molecular complexity index is 1050. The van der Waals surface area contributed by atoms with Gasteiger partial charge in [-0.3, -0.25) is 9.59 Å². The van der Waals surface area contributed by atoms with Crippen molar-refractivity contribution >= 4 is 23.8 Å². The van der Waals surface area contributed by atoms with E-state index < -0.39 is 81.3 Å². The van der Waals surface area contributed by atoms with Crippen LogP contribution >= 0.6 is 0 Å². The van der Waals surface area contributed by atoms with Crippen LogP contribution in [0.5, 0.6) is 0 Å². The fourth-order valence-corrected chi connectivity index (χ4v) is 5.39. The Kier molecular flexibility index (Phi) is 14.1. The number of amides is 2. The van der Waals surface area contributed by atoms with E-state index in [9.17, 15) is 39.4 Å². The number of nitrogens with one attached hydrogen (secondary N) is 2. The number of nitrogens with two attached hydrogens (primary N) is 2. The molecule has 2 rings (SSSR count). The third-order valence-electron chi connectivity index (χ3n) is 7.52. The monoisotopic (exact) mass is 658 g/mol. The number of rotatable bonds is 16. The van der Waals surface area contributed by atoms with Crippen molar-refractivity contribution in [2.45, 2.75) is 115 Å². The van der Waals surface area contributed by atoms with E-state index in [1.54, 1.807) is 27.7 Å². The predicted octanol–water partition coefficient (Wildman–Crippen LogP) is 0.607. The zero-order valence-electron chi connectivity index (χ0n) is 26.6. The highest BCUT2D eigenvalue weighted by atomic mass is 17.0. The lowest BCUT2D eigenvalue weighted by molar-refractivity contribution is -0.771. The number of ether oxygens (including phenoxy) is 2. The zero-order valence-corrected chi connectivity index (χ0v) is 26.6. The molecule has 0 aromatic carbocycles. The van der Waals surface area contributed by atoms with Crippen molar-refractivity contribution in [1.29, 1.82) is 0 Å². The van der Waals surface area contributed by atoms with Crippen LogP contribution in [0.4, 0.5) is 0 Å². The van der Waals surface area contributed by atoms with Gasteiger partial charge in [0.05, 0.1) is 0 Å². The summed E-state index contributed by atoms with van der Waals surface area (Å²) in [6.45, 7) is 6.64. The molecule has 0 aromatic rings. The second-order valence-corrected chi connectivity index (χ2v) is 13.1. The molecule has 0 heterocycles. The van der Waals surface area contributed by atoms with Gasteiger partial charge < -0.3 is 41.2 Å². The Morgan fingerprint density at radius 3 is 1.35 bits per heavy atom. The second kappa shape index (κ2) is 17.0. The minimum Gasteiger partial charge on any atom is -0.449 e. The summed E-state index contributed by atoms with van der Waals surface area (Å²) in [5.41, 5.74) is 10.3. The largest absolute Gasteiger partial charge is 0.449 e. The van der Waals surface area contributed by atoms with E-state index in [-0.39, 0.29) is 38.8 Å². The lowest BCUT2D eigenvalue weighted by atomic mass is 9.82. The van der Waals surface area contributed by atoms with Crippen molar-refractivity contribution in [2.24, 2.45) is 23.3 Å². The van der Waals surface area contributed by atoms with Crippen LogP contribution in [0.1, 0.15) is 79.1 Å². The molecule has 46 heavy (non-hydrogen) atoms. The minimum absolute atomic E-state index is 0.00262. The highest BCUT2D eigenvalue weighted by Gasteiger charge is 2.42. The smallest absolute Gasteiger partial charge is 0.331 e. The van der Waals surface area contributed by atoms with Gasteiger partial charge in [0.25, 0.3) is 22.0 Å². The Morgan fingerprint density at radius 1 is 0.717 bits per heavy atom. The van der Waals surface area contributed by atoms with Crippen molar-refractivity contribution in [3.63, 3.8) is 0 Å². The van der Waals surface area contributed by atoms with Crippen LogP contribution < -0.4 is 22.1 Å². The maximum Gasteiger partial charge on any atom is 0.331 e. The summed E-state index contributed by atoms with van der Waals surface area (Å²) in [6.07, 6.45) is -0.212. The lowest BCUT2D eigenvalue weighted by Gasteiger charge is -2.34. The first kappa shape index (κ1) is 38.1. The predicted molar refractivity (Wildman–Crippen MR) is 159 cm³/mol. The van der Waals surface area contributed by atoms with Gasteiger partial charge in [-0.1, -0.05) is 25.7 Å².